The second kappa shape index (κ2) is 8.04. The van der Waals surface area contributed by atoms with Crippen LogP contribution in [0, 0.1) is 5.41 Å². The molecule has 0 amide bonds. The highest BCUT2D eigenvalue weighted by Gasteiger charge is 2.33. The predicted molar refractivity (Wildman–Crippen MR) is 66.8 cm³/mol. The van der Waals surface area contributed by atoms with Crippen molar-refractivity contribution in [3.05, 3.63) is 0 Å². The molecule has 1 aliphatic heterocycles. The minimum atomic E-state index is 0.406. The molecule has 1 atom stereocenters. The molecule has 0 spiro atoms. The van der Waals surface area contributed by atoms with Crippen LogP contribution in [0.3, 0.4) is 0 Å². The van der Waals surface area contributed by atoms with Crippen LogP contribution in [-0.4, -0.2) is 40.0 Å². The van der Waals surface area contributed by atoms with Gasteiger partial charge in [-0.05, 0) is 12.8 Å². The van der Waals surface area contributed by atoms with Gasteiger partial charge in [-0.3, -0.25) is 0 Å². The van der Waals surface area contributed by atoms with E-state index in [-0.39, 0.29) is 0 Å². The lowest BCUT2D eigenvalue weighted by molar-refractivity contribution is 0.137. The molecule has 0 radical (unpaired) electrons. The lowest BCUT2D eigenvalue weighted by Crippen LogP contribution is -2.36. The first-order chi connectivity index (χ1) is 7.83. The average molecular weight is 229 g/mol. The zero-order chi connectivity index (χ0) is 11.7. The van der Waals surface area contributed by atoms with Gasteiger partial charge in [0.25, 0.3) is 0 Å². The number of nitrogens with one attached hydrogen (secondary N) is 1. The first-order valence-electron chi connectivity index (χ1n) is 6.60. The maximum atomic E-state index is 5.58. The first kappa shape index (κ1) is 13.9. The minimum Gasteiger partial charge on any atom is -0.383 e. The Labute approximate surface area is 99.9 Å². The molecule has 1 heterocycles. The SMILES string of the molecule is CCCCCC1(CNCCOC)CCOC1. The molecule has 1 N–H and O–H groups in total. The van der Waals surface area contributed by atoms with Crippen LogP contribution in [-0.2, 0) is 9.47 Å². The molecule has 3 nitrogen and oxygen atoms in total. The number of rotatable bonds is 9. The van der Waals surface area contributed by atoms with Gasteiger partial charge in [0.15, 0.2) is 0 Å². The fourth-order valence-electron chi connectivity index (χ4n) is 2.35. The molecule has 96 valence electrons. The van der Waals surface area contributed by atoms with Crippen molar-refractivity contribution in [1.82, 2.24) is 5.32 Å². The highest BCUT2D eigenvalue weighted by atomic mass is 16.5. The van der Waals surface area contributed by atoms with Crippen LogP contribution >= 0.6 is 0 Å². The molecule has 1 saturated heterocycles. The molecule has 0 aromatic heterocycles. The summed E-state index contributed by atoms with van der Waals surface area (Å²) in [5, 5.41) is 3.49. The van der Waals surface area contributed by atoms with E-state index in [2.05, 4.69) is 12.2 Å². The molecule has 0 aromatic carbocycles. The van der Waals surface area contributed by atoms with Gasteiger partial charge in [0.05, 0.1) is 13.2 Å². The fourth-order valence-corrected chi connectivity index (χ4v) is 2.35. The van der Waals surface area contributed by atoms with Gasteiger partial charge in [-0.2, -0.15) is 0 Å². The van der Waals surface area contributed by atoms with Gasteiger partial charge >= 0.3 is 0 Å². The van der Waals surface area contributed by atoms with Crippen LogP contribution in [0.5, 0.6) is 0 Å². The second-order valence-corrected chi connectivity index (χ2v) is 4.93. The summed E-state index contributed by atoms with van der Waals surface area (Å²) in [5.74, 6) is 0. The summed E-state index contributed by atoms with van der Waals surface area (Å²) in [6.07, 6.45) is 6.51. The lowest BCUT2D eigenvalue weighted by Gasteiger charge is -2.27. The highest BCUT2D eigenvalue weighted by molar-refractivity contribution is 4.85. The van der Waals surface area contributed by atoms with Crippen LogP contribution in [0.25, 0.3) is 0 Å². The van der Waals surface area contributed by atoms with Crippen LogP contribution in [0.2, 0.25) is 0 Å². The third-order valence-electron chi connectivity index (χ3n) is 3.48. The van der Waals surface area contributed by atoms with Crippen LogP contribution in [0.4, 0.5) is 0 Å². The van der Waals surface area contributed by atoms with E-state index in [0.29, 0.717) is 5.41 Å². The van der Waals surface area contributed by atoms with Gasteiger partial charge in [0.1, 0.15) is 0 Å². The molecule has 1 unspecified atom stereocenters. The summed E-state index contributed by atoms with van der Waals surface area (Å²) in [5.41, 5.74) is 0.406. The van der Waals surface area contributed by atoms with E-state index in [1.165, 1.54) is 32.1 Å². The van der Waals surface area contributed by atoms with Gasteiger partial charge in [-0.25, -0.2) is 0 Å². The van der Waals surface area contributed by atoms with E-state index in [4.69, 9.17) is 9.47 Å². The van der Waals surface area contributed by atoms with Crippen molar-refractivity contribution in [2.75, 3.05) is 40.0 Å². The van der Waals surface area contributed by atoms with Crippen molar-refractivity contribution in [2.45, 2.75) is 39.0 Å². The zero-order valence-corrected chi connectivity index (χ0v) is 10.9. The first-order valence-corrected chi connectivity index (χ1v) is 6.60. The Morgan fingerprint density at radius 1 is 1.38 bits per heavy atom. The molecule has 0 aliphatic carbocycles. The largest absolute Gasteiger partial charge is 0.383 e. The fraction of sp³-hybridized carbons (Fsp3) is 1.00. The Kier molecular flexibility index (Phi) is 7.01. The van der Waals surface area contributed by atoms with Crippen molar-refractivity contribution in [1.29, 1.82) is 0 Å². The molecule has 1 aliphatic rings. The molecular formula is C13H27NO2. The molecule has 1 rings (SSSR count). The Morgan fingerprint density at radius 2 is 2.25 bits per heavy atom. The predicted octanol–water partition coefficient (Wildman–Crippen LogP) is 2.21. The summed E-state index contributed by atoms with van der Waals surface area (Å²) < 4.78 is 10.6. The van der Waals surface area contributed by atoms with Gasteiger partial charge in [0, 0.05) is 32.2 Å². The van der Waals surface area contributed by atoms with Gasteiger partial charge in [0.2, 0.25) is 0 Å². The molecule has 3 heteroatoms. The molecule has 0 saturated carbocycles. The quantitative estimate of drug-likeness (QED) is 0.615. The molecule has 1 fully saturated rings. The standard InChI is InChI=1S/C13H27NO2/c1-3-4-5-6-13(7-9-16-12-13)11-14-8-10-15-2/h14H,3-12H2,1-2H3. The average Bonchev–Trinajstić information content (AvgIpc) is 2.74. The molecule has 0 aromatic rings. The van der Waals surface area contributed by atoms with Crippen LogP contribution in [0.15, 0.2) is 0 Å². The second-order valence-electron chi connectivity index (χ2n) is 4.93. The van der Waals surface area contributed by atoms with E-state index in [1.807, 2.05) is 0 Å². The zero-order valence-electron chi connectivity index (χ0n) is 10.9. The number of hydrogen-bond acceptors (Lipinski definition) is 3. The van der Waals surface area contributed by atoms with Gasteiger partial charge < -0.3 is 14.8 Å². The molecule has 0 bridgehead atoms. The summed E-state index contributed by atoms with van der Waals surface area (Å²) >= 11 is 0. The highest BCUT2D eigenvalue weighted by Crippen LogP contribution is 2.33. The number of ether oxygens (including phenoxy) is 2. The van der Waals surface area contributed by atoms with E-state index in [1.54, 1.807) is 7.11 Å². The maximum Gasteiger partial charge on any atom is 0.0587 e. The maximum absolute atomic E-state index is 5.58. The smallest absolute Gasteiger partial charge is 0.0587 e. The van der Waals surface area contributed by atoms with E-state index >= 15 is 0 Å². The van der Waals surface area contributed by atoms with Crippen molar-refractivity contribution < 1.29 is 9.47 Å². The van der Waals surface area contributed by atoms with Crippen molar-refractivity contribution in [3.8, 4) is 0 Å². The van der Waals surface area contributed by atoms with Gasteiger partial charge in [-0.15, -0.1) is 0 Å². The van der Waals surface area contributed by atoms with Crippen molar-refractivity contribution in [2.24, 2.45) is 5.41 Å². The van der Waals surface area contributed by atoms with Crippen molar-refractivity contribution in [3.63, 3.8) is 0 Å². The normalized spacial score (nSPS) is 25.1. The van der Waals surface area contributed by atoms with Gasteiger partial charge in [-0.1, -0.05) is 26.2 Å². The Balaban J connectivity index is 2.22. The number of methoxy groups -OCH3 is 1. The van der Waals surface area contributed by atoms with Crippen LogP contribution in [0.1, 0.15) is 39.0 Å². The summed E-state index contributed by atoms with van der Waals surface area (Å²) in [6, 6.07) is 0. The third kappa shape index (κ3) is 4.81. The molecular weight excluding hydrogens is 202 g/mol. The summed E-state index contributed by atoms with van der Waals surface area (Å²) in [4.78, 5) is 0. The third-order valence-corrected chi connectivity index (χ3v) is 3.48. The van der Waals surface area contributed by atoms with E-state index < -0.39 is 0 Å². The summed E-state index contributed by atoms with van der Waals surface area (Å²) in [6.45, 7) is 6.97. The Hall–Kier alpha value is -0.120. The summed E-state index contributed by atoms with van der Waals surface area (Å²) in [7, 11) is 1.75. The lowest BCUT2D eigenvalue weighted by atomic mass is 9.82. The van der Waals surface area contributed by atoms with Crippen LogP contribution < -0.4 is 5.32 Å². The van der Waals surface area contributed by atoms with Crippen molar-refractivity contribution >= 4 is 0 Å². The molecule has 16 heavy (non-hydrogen) atoms. The minimum absolute atomic E-state index is 0.406. The number of unbranched alkanes of at least 4 members (excludes halogenated alkanes) is 2. The monoisotopic (exact) mass is 229 g/mol. The van der Waals surface area contributed by atoms with E-state index in [0.717, 1.165) is 32.9 Å². The topological polar surface area (TPSA) is 30.5 Å². The number of hydrogen-bond donors (Lipinski definition) is 1. The van der Waals surface area contributed by atoms with E-state index in [9.17, 15) is 0 Å². The Bertz CT molecular complexity index is 167. The Morgan fingerprint density at radius 3 is 2.88 bits per heavy atom.